The summed E-state index contributed by atoms with van der Waals surface area (Å²) >= 11 is 0. The maximum Gasteiger partial charge on any atom is 0.332 e. The van der Waals surface area contributed by atoms with Gasteiger partial charge in [-0.3, -0.25) is 4.57 Å². The molecule has 0 saturated carbocycles. The van der Waals surface area contributed by atoms with Crippen molar-refractivity contribution in [2.45, 2.75) is 32.5 Å². The van der Waals surface area contributed by atoms with Gasteiger partial charge in [-0.25, -0.2) is 4.98 Å². The van der Waals surface area contributed by atoms with Crippen molar-refractivity contribution in [3.8, 4) is 0 Å². The molecular formula is C10H17N2O3P. The van der Waals surface area contributed by atoms with Crippen LogP contribution >= 0.6 is 7.60 Å². The van der Waals surface area contributed by atoms with Gasteiger partial charge < -0.3 is 15.2 Å². The average molecular weight is 244 g/mol. The molecule has 0 bridgehead atoms. The summed E-state index contributed by atoms with van der Waals surface area (Å²) in [5.41, 5.74) is 6.13. The predicted molar refractivity (Wildman–Crippen MR) is 63.0 cm³/mol. The lowest BCUT2D eigenvalue weighted by Gasteiger charge is -2.17. The molecule has 0 saturated heterocycles. The highest BCUT2D eigenvalue weighted by atomic mass is 31.2. The van der Waals surface area contributed by atoms with Crippen LogP contribution in [0.2, 0.25) is 0 Å². The molecule has 0 spiro atoms. The van der Waals surface area contributed by atoms with E-state index in [1.807, 2.05) is 6.92 Å². The minimum absolute atomic E-state index is 0.100. The van der Waals surface area contributed by atoms with Gasteiger partial charge in [0, 0.05) is 11.8 Å². The second-order valence-corrected chi connectivity index (χ2v) is 5.47. The van der Waals surface area contributed by atoms with Crippen molar-refractivity contribution in [3.05, 3.63) is 23.9 Å². The summed E-state index contributed by atoms with van der Waals surface area (Å²) in [7, 11) is -3.63. The molecule has 6 heteroatoms. The summed E-state index contributed by atoms with van der Waals surface area (Å²) in [5.74, 6) is 0.268. The quantitative estimate of drug-likeness (QED) is 0.775. The molecule has 0 aliphatic carbocycles. The molecule has 2 unspecified atom stereocenters. The van der Waals surface area contributed by atoms with Crippen LogP contribution in [0.4, 0.5) is 5.82 Å². The van der Waals surface area contributed by atoms with Gasteiger partial charge in [0.15, 0.2) is 0 Å². The number of nitrogens with zero attached hydrogens (tertiary/aromatic N) is 1. The Balaban J connectivity index is 2.73. The first-order valence-electron chi connectivity index (χ1n) is 5.14. The van der Waals surface area contributed by atoms with E-state index in [9.17, 15) is 9.46 Å². The van der Waals surface area contributed by atoms with Crippen molar-refractivity contribution in [1.29, 1.82) is 0 Å². The molecule has 1 aromatic heterocycles. The van der Waals surface area contributed by atoms with Crippen LogP contribution in [0.15, 0.2) is 18.3 Å². The number of nitrogen functional groups attached to an aromatic ring is 1. The second kappa shape index (κ2) is 5.43. The van der Waals surface area contributed by atoms with Crippen LogP contribution in [0.3, 0.4) is 0 Å². The number of rotatable bonds is 5. The van der Waals surface area contributed by atoms with Gasteiger partial charge in [-0.2, -0.15) is 0 Å². The van der Waals surface area contributed by atoms with E-state index in [1.165, 1.54) is 6.20 Å². The molecule has 2 atom stereocenters. The van der Waals surface area contributed by atoms with Gasteiger partial charge in [-0.15, -0.1) is 0 Å². The molecule has 1 rings (SSSR count). The van der Waals surface area contributed by atoms with E-state index in [0.29, 0.717) is 12.0 Å². The molecule has 0 aliphatic rings. The normalized spacial score (nSPS) is 16.7. The first kappa shape index (κ1) is 13.2. The summed E-state index contributed by atoms with van der Waals surface area (Å²) in [4.78, 5) is 13.5. The van der Waals surface area contributed by atoms with Gasteiger partial charge in [0.25, 0.3) is 0 Å². The first-order chi connectivity index (χ1) is 7.44. The molecule has 1 heterocycles. The second-order valence-electron chi connectivity index (χ2n) is 3.67. The van der Waals surface area contributed by atoms with Crippen LogP contribution in [-0.2, 0) is 15.3 Å². The Kier molecular flexibility index (Phi) is 4.47. The van der Waals surface area contributed by atoms with Crippen LogP contribution in [0.1, 0.15) is 25.8 Å². The minimum Gasteiger partial charge on any atom is -0.383 e. The van der Waals surface area contributed by atoms with Crippen LogP contribution < -0.4 is 5.73 Å². The van der Waals surface area contributed by atoms with E-state index in [4.69, 9.17) is 10.3 Å². The first-order valence-corrected chi connectivity index (χ1v) is 6.90. The van der Waals surface area contributed by atoms with Gasteiger partial charge in [0.05, 0.1) is 12.3 Å². The Bertz CT molecular complexity index is 397. The molecular weight excluding hydrogens is 227 g/mol. The Morgan fingerprint density at radius 2 is 2.38 bits per heavy atom. The molecule has 1 aromatic rings. The average Bonchev–Trinajstić information content (AvgIpc) is 2.20. The van der Waals surface area contributed by atoms with Crippen LogP contribution in [0.5, 0.6) is 0 Å². The van der Waals surface area contributed by atoms with E-state index >= 15 is 0 Å². The SMILES string of the molecule is CCC(C)OP(=O)(O)Cc1cccnc1N. The molecule has 16 heavy (non-hydrogen) atoms. The maximum atomic E-state index is 11.8. The zero-order valence-corrected chi connectivity index (χ0v) is 10.4. The lowest BCUT2D eigenvalue weighted by molar-refractivity contribution is 0.185. The van der Waals surface area contributed by atoms with Gasteiger partial charge in [0.1, 0.15) is 5.82 Å². The topological polar surface area (TPSA) is 85.4 Å². The zero-order valence-electron chi connectivity index (χ0n) is 9.46. The predicted octanol–water partition coefficient (Wildman–Crippen LogP) is 2.16. The third-order valence-corrected chi connectivity index (χ3v) is 3.65. The van der Waals surface area contributed by atoms with Crippen LogP contribution in [-0.4, -0.2) is 16.0 Å². The van der Waals surface area contributed by atoms with E-state index in [-0.39, 0.29) is 18.1 Å². The molecule has 0 radical (unpaired) electrons. The minimum atomic E-state index is -3.63. The van der Waals surface area contributed by atoms with Gasteiger partial charge >= 0.3 is 7.60 Å². The summed E-state index contributed by atoms with van der Waals surface area (Å²) in [6, 6.07) is 3.35. The van der Waals surface area contributed by atoms with Gasteiger partial charge in [-0.05, 0) is 19.4 Å². The van der Waals surface area contributed by atoms with Gasteiger partial charge in [-0.1, -0.05) is 13.0 Å². The highest BCUT2D eigenvalue weighted by molar-refractivity contribution is 7.52. The van der Waals surface area contributed by atoms with Crippen molar-refractivity contribution < 1.29 is 14.0 Å². The summed E-state index contributed by atoms with van der Waals surface area (Å²) < 4.78 is 16.8. The van der Waals surface area contributed by atoms with E-state index < -0.39 is 7.60 Å². The van der Waals surface area contributed by atoms with E-state index in [1.54, 1.807) is 19.1 Å². The summed E-state index contributed by atoms with van der Waals surface area (Å²) in [6.07, 6.45) is 1.88. The van der Waals surface area contributed by atoms with Crippen molar-refractivity contribution in [2.24, 2.45) is 0 Å². The molecule has 0 fully saturated rings. The standard InChI is InChI=1S/C10H17N2O3P/c1-3-8(2)15-16(13,14)7-9-5-4-6-12-10(9)11/h4-6,8H,3,7H2,1-2H3,(H2,11,12)(H,13,14). The third kappa shape index (κ3) is 3.93. The van der Waals surface area contributed by atoms with Crippen molar-refractivity contribution >= 4 is 13.4 Å². The third-order valence-electron chi connectivity index (χ3n) is 2.22. The molecule has 0 aliphatic heterocycles. The number of nitrogens with two attached hydrogens (primary N) is 1. The largest absolute Gasteiger partial charge is 0.383 e. The highest BCUT2D eigenvalue weighted by Crippen LogP contribution is 2.47. The molecule has 5 nitrogen and oxygen atoms in total. The van der Waals surface area contributed by atoms with E-state index in [0.717, 1.165) is 0 Å². The zero-order chi connectivity index (χ0) is 12.2. The summed E-state index contributed by atoms with van der Waals surface area (Å²) in [6.45, 7) is 3.65. The lowest BCUT2D eigenvalue weighted by atomic mass is 10.3. The lowest BCUT2D eigenvalue weighted by Crippen LogP contribution is -2.06. The molecule has 0 aromatic carbocycles. The smallest absolute Gasteiger partial charge is 0.332 e. The number of anilines is 1. The van der Waals surface area contributed by atoms with Crippen molar-refractivity contribution in [3.63, 3.8) is 0 Å². The molecule has 0 amide bonds. The highest BCUT2D eigenvalue weighted by Gasteiger charge is 2.23. The van der Waals surface area contributed by atoms with Crippen LogP contribution in [0.25, 0.3) is 0 Å². The fourth-order valence-electron chi connectivity index (χ4n) is 1.19. The number of aromatic nitrogens is 1. The monoisotopic (exact) mass is 244 g/mol. The molecule has 3 N–H and O–H groups in total. The Labute approximate surface area is 95.2 Å². The molecule has 90 valence electrons. The Morgan fingerprint density at radius 1 is 1.69 bits per heavy atom. The summed E-state index contributed by atoms with van der Waals surface area (Å²) in [5, 5.41) is 0. The maximum absolute atomic E-state index is 11.8. The van der Waals surface area contributed by atoms with Crippen LogP contribution in [0, 0.1) is 0 Å². The fourth-order valence-corrected chi connectivity index (χ4v) is 2.68. The van der Waals surface area contributed by atoms with Crippen molar-refractivity contribution in [2.75, 3.05) is 5.73 Å². The Morgan fingerprint density at radius 3 is 2.94 bits per heavy atom. The number of hydrogen-bond acceptors (Lipinski definition) is 4. The number of hydrogen-bond donors (Lipinski definition) is 2. The number of pyridine rings is 1. The fraction of sp³-hybridized carbons (Fsp3) is 0.500. The van der Waals surface area contributed by atoms with Crippen molar-refractivity contribution in [1.82, 2.24) is 4.98 Å². The van der Waals surface area contributed by atoms with E-state index in [2.05, 4.69) is 4.98 Å². The Hall–Kier alpha value is -0.900. The van der Waals surface area contributed by atoms with Gasteiger partial charge in [0.2, 0.25) is 0 Å².